The topological polar surface area (TPSA) is 66.9 Å². The molecule has 0 unspecified atom stereocenters. The minimum atomic E-state index is -3.23. The maximum atomic E-state index is 13.2. The van der Waals surface area contributed by atoms with Gasteiger partial charge < -0.3 is 4.74 Å². The van der Waals surface area contributed by atoms with Gasteiger partial charge >= 0.3 is 6.03 Å². The van der Waals surface area contributed by atoms with Crippen molar-refractivity contribution in [3.8, 4) is 5.75 Å². The number of carbonyl (C=O) groups excluding carboxylic acids is 1. The second kappa shape index (κ2) is 6.17. The van der Waals surface area contributed by atoms with Crippen molar-refractivity contribution in [1.82, 2.24) is 0 Å². The molecule has 0 saturated carbocycles. The number of hydrogen-bond acceptors (Lipinski definition) is 4. The second-order valence-electron chi connectivity index (χ2n) is 6.41. The van der Waals surface area contributed by atoms with Gasteiger partial charge in [0.25, 0.3) is 0 Å². The van der Waals surface area contributed by atoms with Gasteiger partial charge in [0.05, 0.1) is 30.7 Å². The summed E-state index contributed by atoms with van der Waals surface area (Å²) in [6.07, 6.45) is 0. The molecule has 0 spiro atoms. The average molecular weight is 393 g/mol. The highest BCUT2D eigenvalue weighted by atomic mass is 35.5. The molecule has 2 heterocycles. The van der Waals surface area contributed by atoms with Crippen molar-refractivity contribution in [2.45, 2.75) is 12.1 Å². The fourth-order valence-corrected chi connectivity index (χ4v) is 5.71. The van der Waals surface area contributed by atoms with Crippen molar-refractivity contribution < 1.29 is 17.9 Å². The smallest absolute Gasteiger partial charge is 0.329 e. The summed E-state index contributed by atoms with van der Waals surface area (Å²) in [5.74, 6) is 0.509. The molecular weight excluding hydrogens is 376 g/mol. The number of methoxy groups -OCH3 is 1. The maximum absolute atomic E-state index is 13.2. The van der Waals surface area contributed by atoms with Crippen molar-refractivity contribution in [3.05, 3.63) is 53.6 Å². The Kier molecular flexibility index (Phi) is 4.08. The van der Waals surface area contributed by atoms with Crippen LogP contribution in [-0.2, 0) is 9.84 Å². The van der Waals surface area contributed by atoms with Gasteiger partial charge in [-0.3, -0.25) is 9.80 Å². The number of halogens is 1. The van der Waals surface area contributed by atoms with Crippen LogP contribution in [0.3, 0.4) is 0 Å². The number of nitrogens with zero attached hydrogens (tertiary/aromatic N) is 2. The molecule has 0 aromatic heterocycles. The predicted molar refractivity (Wildman–Crippen MR) is 101 cm³/mol. The number of amides is 2. The Labute approximate surface area is 156 Å². The van der Waals surface area contributed by atoms with E-state index in [9.17, 15) is 13.2 Å². The summed E-state index contributed by atoms with van der Waals surface area (Å²) >= 11 is 5.95. The lowest BCUT2D eigenvalue weighted by molar-refractivity contribution is 0.255. The molecule has 2 amide bonds. The number of ether oxygens (including phenoxy) is 1. The normalized spacial score (nSPS) is 24.0. The number of benzene rings is 2. The van der Waals surface area contributed by atoms with E-state index in [1.807, 2.05) is 0 Å². The maximum Gasteiger partial charge on any atom is 0.329 e. The lowest BCUT2D eigenvalue weighted by Crippen LogP contribution is -2.37. The van der Waals surface area contributed by atoms with Crippen LogP contribution >= 0.6 is 11.6 Å². The van der Waals surface area contributed by atoms with Crippen molar-refractivity contribution in [2.75, 3.05) is 28.4 Å². The summed E-state index contributed by atoms with van der Waals surface area (Å²) in [5.41, 5.74) is 1.26. The van der Waals surface area contributed by atoms with Gasteiger partial charge in [0.2, 0.25) is 0 Å². The standard InChI is InChI=1S/C18H17ClN2O4S/c1-25-15-4-2-3-14(9-15)21-17-11-26(23,24)10-16(17)20(18(21)22)13-7-5-12(19)6-8-13/h2-9,16-17H,10-11H2,1H3/t16-,17-/m1/s1. The predicted octanol–water partition coefficient (Wildman–Crippen LogP) is 2.96. The highest BCUT2D eigenvalue weighted by Crippen LogP contribution is 2.38. The molecule has 8 heteroatoms. The Balaban J connectivity index is 1.80. The molecule has 136 valence electrons. The number of carbonyl (C=O) groups is 1. The Morgan fingerprint density at radius 1 is 1.00 bits per heavy atom. The first-order chi connectivity index (χ1) is 12.4. The number of hydrogen-bond donors (Lipinski definition) is 0. The Morgan fingerprint density at radius 2 is 1.62 bits per heavy atom. The zero-order valence-electron chi connectivity index (χ0n) is 14.0. The molecule has 0 bridgehead atoms. The lowest BCUT2D eigenvalue weighted by Gasteiger charge is -2.23. The molecule has 0 radical (unpaired) electrons. The Morgan fingerprint density at radius 3 is 2.23 bits per heavy atom. The highest BCUT2D eigenvalue weighted by Gasteiger charge is 2.54. The lowest BCUT2D eigenvalue weighted by atomic mass is 10.1. The molecule has 2 fully saturated rings. The zero-order valence-corrected chi connectivity index (χ0v) is 15.6. The molecule has 2 aromatic carbocycles. The van der Waals surface area contributed by atoms with Crippen LogP contribution in [0.5, 0.6) is 5.75 Å². The van der Waals surface area contributed by atoms with E-state index in [1.165, 1.54) is 0 Å². The van der Waals surface area contributed by atoms with Crippen LogP contribution in [-0.4, -0.2) is 45.1 Å². The number of urea groups is 1. The van der Waals surface area contributed by atoms with Crippen molar-refractivity contribution in [2.24, 2.45) is 0 Å². The van der Waals surface area contributed by atoms with E-state index in [1.54, 1.807) is 65.4 Å². The summed E-state index contributed by atoms with van der Waals surface area (Å²) < 4.78 is 29.8. The number of sulfone groups is 1. The molecule has 2 aliphatic rings. The van der Waals surface area contributed by atoms with Gasteiger partial charge in [-0.05, 0) is 36.4 Å². The van der Waals surface area contributed by atoms with Gasteiger partial charge in [-0.1, -0.05) is 17.7 Å². The van der Waals surface area contributed by atoms with Crippen molar-refractivity contribution in [1.29, 1.82) is 0 Å². The third kappa shape index (κ3) is 2.81. The third-order valence-corrected chi connectivity index (χ3v) is 6.76. The molecule has 26 heavy (non-hydrogen) atoms. The van der Waals surface area contributed by atoms with Crippen LogP contribution < -0.4 is 14.5 Å². The van der Waals surface area contributed by atoms with Gasteiger partial charge in [0.1, 0.15) is 5.75 Å². The van der Waals surface area contributed by atoms with Crippen LogP contribution in [0.15, 0.2) is 48.5 Å². The zero-order chi connectivity index (χ0) is 18.5. The first kappa shape index (κ1) is 17.2. The van der Waals surface area contributed by atoms with Crippen molar-refractivity contribution >= 4 is 38.8 Å². The molecular formula is C18H17ClN2O4S. The molecule has 2 atom stereocenters. The van der Waals surface area contributed by atoms with Crippen LogP contribution in [0.4, 0.5) is 16.2 Å². The second-order valence-corrected chi connectivity index (χ2v) is 9.00. The monoisotopic (exact) mass is 392 g/mol. The van der Waals surface area contributed by atoms with Crippen molar-refractivity contribution in [3.63, 3.8) is 0 Å². The molecule has 6 nitrogen and oxygen atoms in total. The first-order valence-corrected chi connectivity index (χ1v) is 10.3. The Bertz CT molecular complexity index is 961. The molecule has 2 saturated heterocycles. The van der Waals surface area contributed by atoms with Gasteiger partial charge in [-0.15, -0.1) is 0 Å². The van der Waals surface area contributed by atoms with Crippen LogP contribution in [0, 0.1) is 0 Å². The van der Waals surface area contributed by atoms with E-state index in [2.05, 4.69) is 0 Å². The van der Waals surface area contributed by atoms with Gasteiger partial charge in [-0.25, -0.2) is 13.2 Å². The van der Waals surface area contributed by atoms with Crippen LogP contribution in [0.1, 0.15) is 0 Å². The van der Waals surface area contributed by atoms with E-state index in [-0.39, 0.29) is 17.5 Å². The minimum absolute atomic E-state index is 0.0491. The van der Waals surface area contributed by atoms with E-state index in [4.69, 9.17) is 16.3 Å². The largest absolute Gasteiger partial charge is 0.497 e. The quantitative estimate of drug-likeness (QED) is 0.753. The van der Waals surface area contributed by atoms with E-state index in [0.29, 0.717) is 22.1 Å². The number of fused-ring (bicyclic) bond motifs is 1. The molecule has 0 N–H and O–H groups in total. The van der Waals surface area contributed by atoms with Gasteiger partial charge in [0, 0.05) is 22.5 Å². The fraction of sp³-hybridized carbons (Fsp3) is 0.278. The van der Waals surface area contributed by atoms with Gasteiger partial charge in [0.15, 0.2) is 9.84 Å². The summed E-state index contributed by atoms with van der Waals surface area (Å²) in [4.78, 5) is 16.3. The third-order valence-electron chi connectivity index (χ3n) is 4.81. The average Bonchev–Trinajstić information content (AvgIpc) is 3.04. The van der Waals surface area contributed by atoms with E-state index >= 15 is 0 Å². The van der Waals surface area contributed by atoms with Crippen LogP contribution in [0.25, 0.3) is 0 Å². The van der Waals surface area contributed by atoms with E-state index in [0.717, 1.165) is 0 Å². The number of anilines is 2. The summed E-state index contributed by atoms with van der Waals surface area (Å²) in [5, 5.41) is 0.556. The fourth-order valence-electron chi connectivity index (χ4n) is 3.67. The van der Waals surface area contributed by atoms with Gasteiger partial charge in [-0.2, -0.15) is 0 Å². The highest BCUT2D eigenvalue weighted by molar-refractivity contribution is 7.91. The first-order valence-electron chi connectivity index (χ1n) is 8.12. The summed E-state index contributed by atoms with van der Waals surface area (Å²) in [7, 11) is -1.68. The minimum Gasteiger partial charge on any atom is -0.497 e. The Hall–Kier alpha value is -2.25. The van der Waals surface area contributed by atoms with Crippen LogP contribution in [0.2, 0.25) is 5.02 Å². The summed E-state index contributed by atoms with van der Waals surface area (Å²) in [6.45, 7) is 0. The number of rotatable bonds is 3. The summed E-state index contributed by atoms with van der Waals surface area (Å²) in [6, 6.07) is 12.8. The SMILES string of the molecule is COc1cccc(N2C(=O)N(c3ccc(Cl)cc3)[C@@H]3CS(=O)(=O)C[C@H]32)c1. The molecule has 2 aromatic rings. The molecule has 0 aliphatic carbocycles. The molecule has 4 rings (SSSR count). The molecule has 2 aliphatic heterocycles. The van der Waals surface area contributed by atoms with E-state index < -0.39 is 21.9 Å².